The van der Waals surface area contributed by atoms with E-state index in [1.165, 1.54) is 36.5 Å². The van der Waals surface area contributed by atoms with Crippen molar-refractivity contribution in [2.75, 3.05) is 0 Å². The minimum atomic E-state index is -0.576. The summed E-state index contributed by atoms with van der Waals surface area (Å²) >= 11 is 0. The summed E-state index contributed by atoms with van der Waals surface area (Å²) in [7, 11) is 0. The van der Waals surface area contributed by atoms with Gasteiger partial charge in [-0.1, -0.05) is 12.1 Å². The highest BCUT2D eigenvalue weighted by Crippen LogP contribution is 2.13. The van der Waals surface area contributed by atoms with Gasteiger partial charge in [-0.2, -0.15) is 5.10 Å². The van der Waals surface area contributed by atoms with Crippen molar-refractivity contribution in [1.82, 2.24) is 9.78 Å². The van der Waals surface area contributed by atoms with Gasteiger partial charge in [0.05, 0.1) is 11.1 Å². The van der Waals surface area contributed by atoms with E-state index in [1.807, 2.05) is 0 Å². The van der Waals surface area contributed by atoms with Gasteiger partial charge in [0.15, 0.2) is 5.78 Å². The molecule has 0 amide bonds. The van der Waals surface area contributed by atoms with E-state index < -0.39 is 10.7 Å². The fourth-order valence-electron chi connectivity index (χ4n) is 1.66. The van der Waals surface area contributed by atoms with Crippen LogP contribution in [0.25, 0.3) is 0 Å². The third kappa shape index (κ3) is 2.94. The number of benzene rings is 1. The molecular weight excluding hydrogens is 262 g/mol. The summed E-state index contributed by atoms with van der Waals surface area (Å²) in [6, 6.07) is 6.74. The number of carbonyl (C=O) groups is 1. The quantitative estimate of drug-likeness (QED) is 0.476. The zero-order valence-electron chi connectivity index (χ0n) is 10.6. The molecule has 0 aliphatic rings. The zero-order chi connectivity index (χ0) is 14.7. The summed E-state index contributed by atoms with van der Waals surface area (Å²) < 4.78 is 1.02. The van der Waals surface area contributed by atoms with E-state index in [2.05, 4.69) is 5.10 Å². The third-order valence-electron chi connectivity index (χ3n) is 2.68. The van der Waals surface area contributed by atoms with Crippen LogP contribution in [0.5, 0.6) is 0 Å². The Morgan fingerprint density at radius 2 is 2.15 bits per heavy atom. The monoisotopic (exact) mass is 273 g/mol. The lowest BCUT2D eigenvalue weighted by molar-refractivity contribution is -0.384. The second-order valence-electron chi connectivity index (χ2n) is 4.26. The van der Waals surface area contributed by atoms with Crippen LogP contribution in [0.3, 0.4) is 0 Å². The molecule has 0 atom stereocenters. The Balaban J connectivity index is 2.26. The van der Waals surface area contributed by atoms with Crippen molar-refractivity contribution in [1.29, 1.82) is 0 Å². The molecule has 0 aliphatic carbocycles. The SMILES string of the molecule is Cc1cnn(CC(=O)c2cccc([N+](=O)[O-])c2)c(=O)c1. The molecule has 0 aliphatic heterocycles. The fourth-order valence-corrected chi connectivity index (χ4v) is 1.66. The average molecular weight is 273 g/mol. The average Bonchev–Trinajstić information content (AvgIpc) is 2.42. The first kappa shape index (κ1) is 13.6. The van der Waals surface area contributed by atoms with Gasteiger partial charge in [-0.15, -0.1) is 0 Å². The molecule has 0 fully saturated rings. The number of nitro groups is 1. The van der Waals surface area contributed by atoms with Crippen molar-refractivity contribution in [2.24, 2.45) is 0 Å². The number of non-ortho nitro benzene ring substituents is 1. The molecular formula is C13H11N3O4. The molecule has 102 valence electrons. The minimum Gasteiger partial charge on any atom is -0.292 e. The van der Waals surface area contributed by atoms with Crippen LogP contribution in [0, 0.1) is 17.0 Å². The highest BCUT2D eigenvalue weighted by Gasteiger charge is 2.13. The molecule has 7 heteroatoms. The van der Waals surface area contributed by atoms with E-state index in [1.54, 1.807) is 6.92 Å². The van der Waals surface area contributed by atoms with Gasteiger partial charge in [0.2, 0.25) is 0 Å². The summed E-state index contributed by atoms with van der Waals surface area (Å²) in [5.41, 5.74) is 0.325. The van der Waals surface area contributed by atoms with Gasteiger partial charge in [-0.25, -0.2) is 4.68 Å². The largest absolute Gasteiger partial charge is 0.292 e. The molecule has 1 heterocycles. The van der Waals surface area contributed by atoms with Gasteiger partial charge in [0.25, 0.3) is 11.2 Å². The molecule has 0 radical (unpaired) electrons. The first-order chi connectivity index (χ1) is 9.47. The zero-order valence-corrected chi connectivity index (χ0v) is 10.6. The van der Waals surface area contributed by atoms with E-state index in [0.717, 1.165) is 4.68 Å². The fraction of sp³-hybridized carbons (Fsp3) is 0.154. The third-order valence-corrected chi connectivity index (χ3v) is 2.68. The molecule has 20 heavy (non-hydrogen) atoms. The van der Waals surface area contributed by atoms with Crippen LogP contribution >= 0.6 is 0 Å². The van der Waals surface area contributed by atoms with Crippen LogP contribution in [0.4, 0.5) is 5.69 Å². The van der Waals surface area contributed by atoms with E-state index in [-0.39, 0.29) is 23.4 Å². The van der Waals surface area contributed by atoms with Crippen molar-refractivity contribution >= 4 is 11.5 Å². The highest BCUT2D eigenvalue weighted by molar-refractivity contribution is 5.96. The van der Waals surface area contributed by atoms with Gasteiger partial charge in [-0.05, 0) is 12.5 Å². The lowest BCUT2D eigenvalue weighted by atomic mass is 10.1. The van der Waals surface area contributed by atoms with E-state index in [4.69, 9.17) is 0 Å². The number of ketones is 1. The molecule has 7 nitrogen and oxygen atoms in total. The molecule has 1 aromatic heterocycles. The predicted molar refractivity (Wildman–Crippen MR) is 70.7 cm³/mol. The number of nitro benzene ring substituents is 1. The second-order valence-corrected chi connectivity index (χ2v) is 4.26. The van der Waals surface area contributed by atoms with Crippen molar-refractivity contribution < 1.29 is 9.72 Å². The highest BCUT2D eigenvalue weighted by atomic mass is 16.6. The Bertz CT molecular complexity index is 736. The lowest BCUT2D eigenvalue weighted by Gasteiger charge is -2.04. The van der Waals surface area contributed by atoms with Crippen LogP contribution in [-0.4, -0.2) is 20.5 Å². The Morgan fingerprint density at radius 3 is 2.80 bits per heavy atom. The van der Waals surface area contributed by atoms with E-state index in [9.17, 15) is 19.7 Å². The molecule has 0 saturated heterocycles. The van der Waals surface area contributed by atoms with Crippen LogP contribution in [0.15, 0.2) is 41.3 Å². The lowest BCUT2D eigenvalue weighted by Crippen LogP contribution is -2.26. The standard InChI is InChI=1S/C13H11N3O4/c1-9-5-13(18)15(14-7-9)8-12(17)10-3-2-4-11(6-10)16(19)20/h2-7H,8H2,1H3. The number of aryl methyl sites for hydroxylation is 1. The topological polar surface area (TPSA) is 95.1 Å². The van der Waals surface area contributed by atoms with Crippen LogP contribution < -0.4 is 5.56 Å². The normalized spacial score (nSPS) is 10.2. The summed E-state index contributed by atoms with van der Waals surface area (Å²) in [5.74, 6) is -0.410. The Labute approximate surface area is 113 Å². The number of hydrogen-bond acceptors (Lipinski definition) is 5. The maximum Gasteiger partial charge on any atom is 0.270 e. The van der Waals surface area contributed by atoms with Gasteiger partial charge < -0.3 is 0 Å². The van der Waals surface area contributed by atoms with Crippen LogP contribution in [0.2, 0.25) is 0 Å². The Kier molecular flexibility index (Phi) is 3.69. The Hall–Kier alpha value is -2.83. The summed E-state index contributed by atoms with van der Waals surface area (Å²) in [4.78, 5) is 33.7. The number of rotatable bonds is 4. The summed E-state index contributed by atoms with van der Waals surface area (Å²) in [6.45, 7) is 1.47. The smallest absolute Gasteiger partial charge is 0.270 e. The predicted octanol–water partition coefficient (Wildman–Crippen LogP) is 1.34. The summed E-state index contributed by atoms with van der Waals surface area (Å²) in [5, 5.41) is 14.5. The molecule has 0 unspecified atom stereocenters. The minimum absolute atomic E-state index is 0.167. The molecule has 0 bridgehead atoms. The van der Waals surface area contributed by atoms with Gasteiger partial charge in [-0.3, -0.25) is 19.7 Å². The van der Waals surface area contributed by atoms with Gasteiger partial charge in [0, 0.05) is 23.8 Å². The number of nitrogens with zero attached hydrogens (tertiary/aromatic N) is 3. The maximum atomic E-state index is 12.0. The van der Waals surface area contributed by atoms with Crippen LogP contribution in [-0.2, 0) is 6.54 Å². The van der Waals surface area contributed by atoms with E-state index >= 15 is 0 Å². The van der Waals surface area contributed by atoms with Crippen molar-refractivity contribution in [3.63, 3.8) is 0 Å². The van der Waals surface area contributed by atoms with Gasteiger partial charge in [0.1, 0.15) is 6.54 Å². The molecule has 2 aromatic rings. The van der Waals surface area contributed by atoms with Crippen molar-refractivity contribution in [2.45, 2.75) is 13.5 Å². The molecule has 0 saturated carbocycles. The van der Waals surface area contributed by atoms with Crippen LogP contribution in [0.1, 0.15) is 15.9 Å². The van der Waals surface area contributed by atoms with Crippen molar-refractivity contribution in [3.05, 3.63) is 68.1 Å². The first-order valence-electron chi connectivity index (χ1n) is 5.79. The van der Waals surface area contributed by atoms with Gasteiger partial charge >= 0.3 is 0 Å². The number of aromatic nitrogens is 2. The van der Waals surface area contributed by atoms with Crippen molar-refractivity contribution in [3.8, 4) is 0 Å². The second kappa shape index (κ2) is 5.43. The maximum absolute atomic E-state index is 12.0. The number of Topliss-reactive ketones (excluding diaryl/α,β-unsaturated/α-hetero) is 1. The Morgan fingerprint density at radius 1 is 1.40 bits per heavy atom. The number of hydrogen-bond donors (Lipinski definition) is 0. The number of carbonyl (C=O) groups excluding carboxylic acids is 1. The molecule has 1 aromatic carbocycles. The summed E-state index contributed by atoms with van der Waals surface area (Å²) in [6.07, 6.45) is 1.47. The molecule has 0 N–H and O–H groups in total. The molecule has 0 spiro atoms. The first-order valence-corrected chi connectivity index (χ1v) is 5.79. The molecule has 2 rings (SSSR count). The van der Waals surface area contributed by atoms with E-state index in [0.29, 0.717) is 5.56 Å².